The first-order valence-electron chi connectivity index (χ1n) is 4.35. The number of thiol groups is 2. The zero-order valence-corrected chi connectivity index (χ0v) is 9.72. The molecule has 82 valence electrons. The SMILES string of the molecule is CCNC(=O)C(S)CCC(S)C(=O)O. The van der Waals surface area contributed by atoms with Gasteiger partial charge in [0.1, 0.15) is 0 Å². The van der Waals surface area contributed by atoms with Crippen LogP contribution in [0.3, 0.4) is 0 Å². The summed E-state index contributed by atoms with van der Waals surface area (Å²) in [5.41, 5.74) is 0. The van der Waals surface area contributed by atoms with Gasteiger partial charge in [-0.2, -0.15) is 25.3 Å². The number of carbonyl (C=O) groups excluding carboxylic acids is 1. The average molecular weight is 237 g/mol. The largest absolute Gasteiger partial charge is 0.480 e. The quantitative estimate of drug-likeness (QED) is 0.511. The number of aliphatic carboxylic acids is 1. The van der Waals surface area contributed by atoms with E-state index in [4.69, 9.17) is 5.11 Å². The van der Waals surface area contributed by atoms with Gasteiger partial charge in [-0.3, -0.25) is 9.59 Å². The Morgan fingerprint density at radius 1 is 1.29 bits per heavy atom. The van der Waals surface area contributed by atoms with Crippen molar-refractivity contribution < 1.29 is 14.7 Å². The molecule has 2 N–H and O–H groups in total. The molecule has 2 atom stereocenters. The van der Waals surface area contributed by atoms with Crippen LogP contribution in [0.5, 0.6) is 0 Å². The second kappa shape index (κ2) is 7.00. The Hall–Kier alpha value is -0.360. The summed E-state index contributed by atoms with van der Waals surface area (Å²) in [5, 5.41) is 9.97. The molecule has 0 heterocycles. The van der Waals surface area contributed by atoms with Gasteiger partial charge in [0.2, 0.25) is 5.91 Å². The van der Waals surface area contributed by atoms with Crippen LogP contribution in [0, 0.1) is 0 Å². The summed E-state index contributed by atoms with van der Waals surface area (Å²) in [5.74, 6) is -1.13. The maximum Gasteiger partial charge on any atom is 0.316 e. The lowest BCUT2D eigenvalue weighted by Crippen LogP contribution is -2.31. The fraction of sp³-hybridized carbons (Fsp3) is 0.750. The van der Waals surface area contributed by atoms with Gasteiger partial charge in [-0.05, 0) is 19.8 Å². The van der Waals surface area contributed by atoms with E-state index in [1.165, 1.54) is 0 Å². The lowest BCUT2D eigenvalue weighted by Gasteiger charge is -2.11. The molecule has 0 aliphatic carbocycles. The summed E-state index contributed by atoms with van der Waals surface area (Å²) < 4.78 is 0. The minimum Gasteiger partial charge on any atom is -0.480 e. The van der Waals surface area contributed by atoms with E-state index in [2.05, 4.69) is 30.6 Å². The lowest BCUT2D eigenvalue weighted by molar-refractivity contribution is -0.136. The van der Waals surface area contributed by atoms with Gasteiger partial charge in [-0.1, -0.05) is 0 Å². The predicted octanol–water partition coefficient (Wildman–Crippen LogP) is 0.584. The van der Waals surface area contributed by atoms with E-state index in [0.717, 1.165) is 0 Å². The van der Waals surface area contributed by atoms with E-state index in [0.29, 0.717) is 19.4 Å². The maximum atomic E-state index is 11.2. The van der Waals surface area contributed by atoms with Crippen molar-refractivity contribution in [3.63, 3.8) is 0 Å². The van der Waals surface area contributed by atoms with Gasteiger partial charge >= 0.3 is 5.97 Å². The zero-order valence-electron chi connectivity index (χ0n) is 7.93. The first-order chi connectivity index (χ1) is 6.49. The molecule has 0 bridgehead atoms. The van der Waals surface area contributed by atoms with E-state index in [9.17, 15) is 9.59 Å². The van der Waals surface area contributed by atoms with Crippen LogP contribution < -0.4 is 5.32 Å². The molecule has 0 spiro atoms. The van der Waals surface area contributed by atoms with Crippen LogP contribution in [0.1, 0.15) is 19.8 Å². The number of carbonyl (C=O) groups is 2. The molecule has 0 aromatic carbocycles. The van der Waals surface area contributed by atoms with Gasteiger partial charge in [0, 0.05) is 6.54 Å². The second-order valence-electron chi connectivity index (χ2n) is 2.84. The van der Waals surface area contributed by atoms with Crippen LogP contribution in [0.25, 0.3) is 0 Å². The Kier molecular flexibility index (Phi) is 6.82. The zero-order chi connectivity index (χ0) is 11.1. The predicted molar refractivity (Wildman–Crippen MR) is 61.1 cm³/mol. The van der Waals surface area contributed by atoms with E-state index < -0.39 is 16.5 Å². The van der Waals surface area contributed by atoms with Crippen LogP contribution in [0.4, 0.5) is 0 Å². The first kappa shape index (κ1) is 13.6. The number of nitrogens with one attached hydrogen (secondary N) is 1. The smallest absolute Gasteiger partial charge is 0.316 e. The third-order valence-corrected chi connectivity index (χ3v) is 2.62. The van der Waals surface area contributed by atoms with Crippen LogP contribution in [0.2, 0.25) is 0 Å². The van der Waals surface area contributed by atoms with Crippen molar-refractivity contribution in [2.75, 3.05) is 6.54 Å². The van der Waals surface area contributed by atoms with Gasteiger partial charge in [0.05, 0.1) is 10.5 Å². The molecule has 0 saturated heterocycles. The molecule has 2 unspecified atom stereocenters. The van der Waals surface area contributed by atoms with Crippen LogP contribution in [-0.4, -0.2) is 34.0 Å². The molecule has 4 nitrogen and oxygen atoms in total. The van der Waals surface area contributed by atoms with Crippen molar-refractivity contribution in [3.05, 3.63) is 0 Å². The number of hydrogen-bond donors (Lipinski definition) is 4. The minimum absolute atomic E-state index is 0.165. The fourth-order valence-electron chi connectivity index (χ4n) is 0.862. The molecular formula is C8H15NO3S2. The standard InChI is InChI=1S/C8H15NO3S2/c1-2-9-7(10)5(13)3-4-6(14)8(11)12/h5-6,13-14H,2-4H2,1H3,(H,9,10)(H,11,12). The fourth-order valence-corrected chi connectivity index (χ4v) is 1.25. The third-order valence-electron chi connectivity index (χ3n) is 1.65. The number of rotatable bonds is 6. The third kappa shape index (κ3) is 5.39. The molecule has 0 aromatic rings. The molecule has 0 aliphatic heterocycles. The Labute approximate surface area is 94.3 Å². The number of carboxylic acid groups (broad SMARTS) is 1. The molecule has 0 radical (unpaired) electrons. The summed E-state index contributed by atoms with van der Waals surface area (Å²) in [6.07, 6.45) is 0.749. The topological polar surface area (TPSA) is 66.4 Å². The Bertz CT molecular complexity index is 211. The van der Waals surface area contributed by atoms with Crippen molar-refractivity contribution in [3.8, 4) is 0 Å². The van der Waals surface area contributed by atoms with Gasteiger partial charge in [-0.15, -0.1) is 0 Å². The van der Waals surface area contributed by atoms with E-state index in [1.54, 1.807) is 0 Å². The van der Waals surface area contributed by atoms with Gasteiger partial charge in [0.25, 0.3) is 0 Å². The first-order valence-corrected chi connectivity index (χ1v) is 5.39. The molecule has 0 rings (SSSR count). The minimum atomic E-state index is -0.968. The normalized spacial score (nSPS) is 14.5. The van der Waals surface area contributed by atoms with Crippen molar-refractivity contribution in [2.24, 2.45) is 0 Å². The van der Waals surface area contributed by atoms with Gasteiger partial charge in [0.15, 0.2) is 0 Å². The summed E-state index contributed by atoms with van der Waals surface area (Å²) in [4.78, 5) is 21.6. The van der Waals surface area contributed by atoms with E-state index >= 15 is 0 Å². The molecule has 14 heavy (non-hydrogen) atoms. The Morgan fingerprint density at radius 3 is 2.21 bits per heavy atom. The summed E-state index contributed by atoms with van der Waals surface area (Å²) in [7, 11) is 0. The Balaban J connectivity index is 3.78. The highest BCUT2D eigenvalue weighted by molar-refractivity contribution is 7.82. The summed E-state index contributed by atoms with van der Waals surface area (Å²) in [6.45, 7) is 2.37. The summed E-state index contributed by atoms with van der Waals surface area (Å²) >= 11 is 7.92. The molecule has 0 aliphatic rings. The second-order valence-corrected chi connectivity index (χ2v) is 4.09. The molecule has 1 amide bonds. The highest BCUT2D eigenvalue weighted by Gasteiger charge is 2.17. The Morgan fingerprint density at radius 2 is 1.79 bits per heavy atom. The van der Waals surface area contributed by atoms with Crippen molar-refractivity contribution in [2.45, 2.75) is 30.3 Å². The van der Waals surface area contributed by atoms with Crippen molar-refractivity contribution in [1.82, 2.24) is 5.32 Å². The van der Waals surface area contributed by atoms with Crippen molar-refractivity contribution in [1.29, 1.82) is 0 Å². The van der Waals surface area contributed by atoms with Crippen LogP contribution in [0.15, 0.2) is 0 Å². The van der Waals surface area contributed by atoms with Gasteiger partial charge < -0.3 is 10.4 Å². The highest BCUT2D eigenvalue weighted by Crippen LogP contribution is 2.11. The number of carboxylic acids is 1. The van der Waals surface area contributed by atoms with Crippen LogP contribution in [-0.2, 0) is 9.59 Å². The highest BCUT2D eigenvalue weighted by atomic mass is 32.1. The average Bonchev–Trinajstić information content (AvgIpc) is 2.13. The molecule has 0 saturated carbocycles. The number of amides is 1. The van der Waals surface area contributed by atoms with E-state index in [1.807, 2.05) is 6.92 Å². The monoisotopic (exact) mass is 237 g/mol. The molecular weight excluding hydrogens is 222 g/mol. The van der Waals surface area contributed by atoms with E-state index in [-0.39, 0.29) is 5.91 Å². The van der Waals surface area contributed by atoms with Gasteiger partial charge in [-0.25, -0.2) is 0 Å². The summed E-state index contributed by atoms with van der Waals surface area (Å²) in [6, 6.07) is 0. The molecule has 0 aromatic heterocycles. The molecule has 0 fully saturated rings. The maximum absolute atomic E-state index is 11.2. The number of hydrogen-bond acceptors (Lipinski definition) is 4. The van der Waals surface area contributed by atoms with Crippen LogP contribution >= 0.6 is 25.3 Å². The molecule has 6 heteroatoms. The lowest BCUT2D eigenvalue weighted by atomic mass is 10.1. The van der Waals surface area contributed by atoms with Crippen molar-refractivity contribution >= 4 is 37.1 Å².